The van der Waals surface area contributed by atoms with Crippen molar-refractivity contribution in [3.05, 3.63) is 35.4 Å². The first-order valence-corrected chi connectivity index (χ1v) is 8.76. The van der Waals surface area contributed by atoms with Gasteiger partial charge in [0.1, 0.15) is 0 Å². The molecule has 2 fully saturated rings. The molecular weight excluding hydrogens is 349 g/mol. The summed E-state index contributed by atoms with van der Waals surface area (Å²) in [6.07, 6.45) is -3.84. The second kappa shape index (κ2) is 7.54. The van der Waals surface area contributed by atoms with Crippen LogP contribution >= 0.6 is 0 Å². The highest BCUT2D eigenvalue weighted by molar-refractivity contribution is 5.78. The van der Waals surface area contributed by atoms with Gasteiger partial charge < -0.3 is 14.7 Å². The van der Waals surface area contributed by atoms with Crippen LogP contribution < -0.4 is 0 Å². The monoisotopic (exact) mass is 372 g/mol. The van der Waals surface area contributed by atoms with Crippen molar-refractivity contribution in [3.63, 3.8) is 0 Å². The van der Waals surface area contributed by atoms with Gasteiger partial charge in [0.25, 0.3) is 0 Å². The first-order valence-electron chi connectivity index (χ1n) is 8.76. The van der Waals surface area contributed by atoms with Crippen molar-refractivity contribution in [1.29, 1.82) is 0 Å². The average molecular weight is 372 g/mol. The normalized spacial score (nSPS) is 21.6. The molecule has 144 valence electrons. The molecule has 0 unspecified atom stereocenters. The number of hydrogen-bond donors (Lipinski definition) is 1. The van der Waals surface area contributed by atoms with Crippen LogP contribution in [0.5, 0.6) is 0 Å². The van der Waals surface area contributed by atoms with E-state index in [-0.39, 0.29) is 18.0 Å². The summed E-state index contributed by atoms with van der Waals surface area (Å²) in [5.74, 6) is 0.0257. The van der Waals surface area contributed by atoms with E-state index >= 15 is 0 Å². The van der Waals surface area contributed by atoms with Gasteiger partial charge in [-0.15, -0.1) is 0 Å². The van der Waals surface area contributed by atoms with Crippen molar-refractivity contribution in [3.8, 4) is 0 Å². The Balaban J connectivity index is 1.59. The minimum absolute atomic E-state index is 0.0257. The summed E-state index contributed by atoms with van der Waals surface area (Å²) >= 11 is 0. The Hall–Kier alpha value is -1.64. The van der Waals surface area contributed by atoms with E-state index in [9.17, 15) is 23.1 Å². The van der Waals surface area contributed by atoms with E-state index in [0.29, 0.717) is 52.2 Å². The number of rotatable bonds is 3. The lowest BCUT2D eigenvalue weighted by Crippen LogP contribution is -2.49. The quantitative estimate of drug-likeness (QED) is 0.880. The minimum Gasteiger partial charge on any atom is -0.385 e. The van der Waals surface area contributed by atoms with Crippen LogP contribution in [0.3, 0.4) is 0 Å². The van der Waals surface area contributed by atoms with Crippen LogP contribution in [-0.4, -0.2) is 66.8 Å². The molecule has 26 heavy (non-hydrogen) atoms. The number of carbonyl (C=O) groups is 1. The first kappa shape index (κ1) is 19.1. The number of alkyl halides is 3. The summed E-state index contributed by atoms with van der Waals surface area (Å²) in [6.45, 7) is 3.44. The van der Waals surface area contributed by atoms with Crippen molar-refractivity contribution in [2.45, 2.75) is 24.6 Å². The van der Waals surface area contributed by atoms with Crippen LogP contribution in [0.2, 0.25) is 0 Å². The molecule has 0 spiro atoms. The number of amides is 1. The number of likely N-dealkylation sites (tertiary alicyclic amines) is 1. The van der Waals surface area contributed by atoms with Gasteiger partial charge in [-0.05, 0) is 30.5 Å². The van der Waals surface area contributed by atoms with Crippen LogP contribution in [-0.2, 0) is 21.3 Å². The summed E-state index contributed by atoms with van der Waals surface area (Å²) in [7, 11) is 0. The van der Waals surface area contributed by atoms with E-state index in [4.69, 9.17) is 4.74 Å². The van der Waals surface area contributed by atoms with Gasteiger partial charge in [0.2, 0.25) is 5.91 Å². The molecule has 8 heteroatoms. The maximum Gasteiger partial charge on any atom is 0.416 e. The van der Waals surface area contributed by atoms with E-state index in [2.05, 4.69) is 0 Å². The molecule has 1 aromatic carbocycles. The molecule has 5 nitrogen and oxygen atoms in total. The molecule has 0 aliphatic carbocycles. The molecule has 3 rings (SSSR count). The standard InChI is InChI=1S/C18H23F3N2O3/c19-18(20,21)15-3-1-2-14(12-15)17(25)4-6-22(7-5-17)13-16(24)23-8-10-26-11-9-23/h1-3,12,25H,4-11,13H2. The van der Waals surface area contributed by atoms with Crippen molar-refractivity contribution in [2.24, 2.45) is 0 Å². The van der Waals surface area contributed by atoms with Crippen molar-refractivity contribution < 1.29 is 27.8 Å². The summed E-state index contributed by atoms with van der Waals surface area (Å²) in [5.41, 5.74) is -1.76. The Labute approximate surface area is 150 Å². The zero-order chi connectivity index (χ0) is 18.8. The maximum atomic E-state index is 12.9. The smallest absolute Gasteiger partial charge is 0.385 e. The van der Waals surface area contributed by atoms with Gasteiger partial charge in [0, 0.05) is 26.2 Å². The molecule has 1 amide bonds. The largest absolute Gasteiger partial charge is 0.416 e. The number of aliphatic hydroxyl groups is 1. The van der Waals surface area contributed by atoms with Gasteiger partial charge in [0.15, 0.2) is 0 Å². The minimum atomic E-state index is -4.43. The second-order valence-corrected chi connectivity index (χ2v) is 6.88. The number of morpholine rings is 1. The lowest BCUT2D eigenvalue weighted by atomic mass is 9.83. The Bertz CT molecular complexity index is 637. The third kappa shape index (κ3) is 4.36. The van der Waals surface area contributed by atoms with Crippen molar-refractivity contribution in [2.75, 3.05) is 45.9 Å². The molecule has 2 aliphatic heterocycles. The third-order valence-electron chi connectivity index (χ3n) is 5.13. The molecule has 0 radical (unpaired) electrons. The molecule has 0 aromatic heterocycles. The number of benzene rings is 1. The Kier molecular flexibility index (Phi) is 5.55. The topological polar surface area (TPSA) is 53.0 Å². The predicted octanol–water partition coefficient (Wildman–Crippen LogP) is 1.85. The fraction of sp³-hybridized carbons (Fsp3) is 0.611. The molecule has 2 aliphatic rings. The predicted molar refractivity (Wildman–Crippen MR) is 88.4 cm³/mol. The van der Waals surface area contributed by atoms with Gasteiger partial charge >= 0.3 is 6.18 Å². The van der Waals surface area contributed by atoms with Gasteiger partial charge in [0.05, 0.1) is 30.9 Å². The van der Waals surface area contributed by atoms with Gasteiger partial charge in [-0.25, -0.2) is 0 Å². The summed E-state index contributed by atoms with van der Waals surface area (Å²) < 4.78 is 43.9. The highest BCUT2D eigenvalue weighted by Crippen LogP contribution is 2.36. The van der Waals surface area contributed by atoms with E-state index in [1.165, 1.54) is 12.1 Å². The van der Waals surface area contributed by atoms with Gasteiger partial charge in [-0.3, -0.25) is 9.69 Å². The van der Waals surface area contributed by atoms with E-state index < -0.39 is 17.3 Å². The fourth-order valence-corrected chi connectivity index (χ4v) is 3.46. The van der Waals surface area contributed by atoms with Crippen molar-refractivity contribution >= 4 is 5.91 Å². The number of carbonyl (C=O) groups excluding carboxylic acids is 1. The number of halogens is 3. The number of ether oxygens (including phenoxy) is 1. The maximum absolute atomic E-state index is 12.9. The lowest BCUT2D eigenvalue weighted by Gasteiger charge is -2.39. The number of nitrogens with zero attached hydrogens (tertiary/aromatic N) is 2. The van der Waals surface area contributed by atoms with Crippen LogP contribution in [0.15, 0.2) is 24.3 Å². The SMILES string of the molecule is O=C(CN1CCC(O)(c2cccc(C(F)(F)F)c2)CC1)N1CCOCC1. The third-order valence-corrected chi connectivity index (χ3v) is 5.13. The van der Waals surface area contributed by atoms with E-state index in [1.807, 2.05) is 4.90 Å². The number of piperidine rings is 1. The fourth-order valence-electron chi connectivity index (χ4n) is 3.46. The lowest BCUT2D eigenvalue weighted by molar-refractivity contribution is -0.139. The first-order chi connectivity index (χ1) is 12.3. The van der Waals surface area contributed by atoms with Gasteiger partial charge in [-0.2, -0.15) is 13.2 Å². The van der Waals surface area contributed by atoms with Crippen molar-refractivity contribution in [1.82, 2.24) is 9.80 Å². The Morgan fingerprint density at radius 1 is 1.15 bits per heavy atom. The van der Waals surface area contributed by atoms with Crippen LogP contribution in [0.25, 0.3) is 0 Å². The zero-order valence-electron chi connectivity index (χ0n) is 14.5. The number of hydrogen-bond acceptors (Lipinski definition) is 4. The van der Waals surface area contributed by atoms with Crippen LogP contribution in [0.1, 0.15) is 24.0 Å². The Morgan fingerprint density at radius 3 is 2.42 bits per heavy atom. The van der Waals surface area contributed by atoms with E-state index in [1.54, 1.807) is 4.90 Å². The summed E-state index contributed by atoms with van der Waals surface area (Å²) in [6, 6.07) is 4.88. The molecular formula is C18H23F3N2O3. The highest BCUT2D eigenvalue weighted by atomic mass is 19.4. The highest BCUT2D eigenvalue weighted by Gasteiger charge is 2.37. The molecule has 0 atom stereocenters. The molecule has 2 heterocycles. The summed E-state index contributed by atoms with van der Waals surface area (Å²) in [5, 5.41) is 10.8. The zero-order valence-corrected chi connectivity index (χ0v) is 14.5. The molecule has 2 saturated heterocycles. The molecule has 1 aromatic rings. The Morgan fingerprint density at radius 2 is 1.81 bits per heavy atom. The summed E-state index contributed by atoms with van der Waals surface area (Å²) in [4.78, 5) is 16.0. The molecule has 0 bridgehead atoms. The van der Waals surface area contributed by atoms with E-state index in [0.717, 1.165) is 12.1 Å². The second-order valence-electron chi connectivity index (χ2n) is 6.88. The van der Waals surface area contributed by atoms with Crippen LogP contribution in [0, 0.1) is 0 Å². The molecule has 1 N–H and O–H groups in total. The average Bonchev–Trinajstić information content (AvgIpc) is 2.64. The van der Waals surface area contributed by atoms with Gasteiger partial charge in [-0.1, -0.05) is 12.1 Å². The molecule has 0 saturated carbocycles. The van der Waals surface area contributed by atoms with Crippen LogP contribution in [0.4, 0.5) is 13.2 Å².